The number of aromatic amines is 1. The van der Waals surface area contributed by atoms with Crippen molar-refractivity contribution < 1.29 is 13.9 Å². The molecule has 0 radical (unpaired) electrons. The molecule has 1 unspecified atom stereocenters. The number of benzene rings is 1. The highest BCUT2D eigenvalue weighted by Gasteiger charge is 2.32. The molecule has 1 aliphatic rings. The minimum Gasteiger partial charge on any atom is -0.380 e. The van der Waals surface area contributed by atoms with Gasteiger partial charge in [0.25, 0.3) is 0 Å². The Labute approximate surface area is 132 Å². The molecule has 2 aromatic heterocycles. The highest BCUT2D eigenvalue weighted by Crippen LogP contribution is 2.36. The average molecular weight is 313 g/mol. The van der Waals surface area contributed by atoms with Crippen molar-refractivity contribution in [2.75, 3.05) is 20.3 Å². The van der Waals surface area contributed by atoms with Gasteiger partial charge in [0.15, 0.2) is 5.65 Å². The zero-order valence-electron chi connectivity index (χ0n) is 12.6. The highest BCUT2D eigenvalue weighted by atomic mass is 19.1. The van der Waals surface area contributed by atoms with Gasteiger partial charge in [-0.15, -0.1) is 0 Å². The largest absolute Gasteiger partial charge is 0.380 e. The number of methoxy groups -OCH3 is 1. The van der Waals surface area contributed by atoms with Crippen LogP contribution in [-0.2, 0) is 9.47 Å². The monoisotopic (exact) mass is 313 g/mol. The summed E-state index contributed by atoms with van der Waals surface area (Å²) < 4.78 is 25.9. The summed E-state index contributed by atoms with van der Waals surface area (Å²) in [6.07, 6.45) is 2.90. The predicted octanol–water partition coefficient (Wildman–Crippen LogP) is 3.10. The van der Waals surface area contributed by atoms with Gasteiger partial charge in [0.05, 0.1) is 31.2 Å². The Morgan fingerprint density at radius 1 is 1.26 bits per heavy atom. The summed E-state index contributed by atoms with van der Waals surface area (Å²) in [6, 6.07) is 7.17. The van der Waals surface area contributed by atoms with Crippen molar-refractivity contribution in [3.05, 3.63) is 48.2 Å². The van der Waals surface area contributed by atoms with Crippen LogP contribution in [0, 0.1) is 11.7 Å². The molecule has 0 spiro atoms. The molecular formula is C17H16FN3O2. The standard InChI is InChI=1S/C17H16FN3O2/c1-22-16(10-7-23-8-10)13-4-2-3-11(14(13)18)12-5-6-19-17-15(12)20-9-21-17/h2-6,9-10,16H,7-8H2,1H3,(H,19,20,21). The number of halogens is 1. The average Bonchev–Trinajstić information content (AvgIpc) is 3.00. The molecule has 1 fully saturated rings. The molecule has 0 bridgehead atoms. The third kappa shape index (κ3) is 2.31. The summed E-state index contributed by atoms with van der Waals surface area (Å²) in [7, 11) is 1.61. The quantitative estimate of drug-likeness (QED) is 0.804. The number of pyridine rings is 1. The highest BCUT2D eigenvalue weighted by molar-refractivity contribution is 5.89. The fourth-order valence-electron chi connectivity index (χ4n) is 3.05. The summed E-state index contributed by atoms with van der Waals surface area (Å²) in [5.41, 5.74) is 3.11. The van der Waals surface area contributed by atoms with Crippen LogP contribution in [-0.4, -0.2) is 35.3 Å². The van der Waals surface area contributed by atoms with Gasteiger partial charge in [-0.25, -0.2) is 14.4 Å². The maximum Gasteiger partial charge on any atom is 0.178 e. The first-order valence-electron chi connectivity index (χ1n) is 7.47. The van der Waals surface area contributed by atoms with E-state index in [0.29, 0.717) is 30.0 Å². The van der Waals surface area contributed by atoms with E-state index in [-0.39, 0.29) is 17.8 Å². The molecule has 0 aliphatic carbocycles. The Hall–Kier alpha value is -2.31. The van der Waals surface area contributed by atoms with Crippen molar-refractivity contribution in [2.24, 2.45) is 5.92 Å². The summed E-state index contributed by atoms with van der Waals surface area (Å²) in [6.45, 7) is 1.20. The first-order valence-corrected chi connectivity index (χ1v) is 7.47. The second kappa shape index (κ2) is 5.72. The molecule has 5 nitrogen and oxygen atoms in total. The van der Waals surface area contributed by atoms with Crippen LogP contribution in [0.5, 0.6) is 0 Å². The van der Waals surface area contributed by atoms with E-state index in [0.717, 1.165) is 11.1 Å². The molecule has 0 amide bonds. The van der Waals surface area contributed by atoms with Crippen molar-refractivity contribution in [3.8, 4) is 11.1 Å². The third-order valence-electron chi connectivity index (χ3n) is 4.30. The third-order valence-corrected chi connectivity index (χ3v) is 4.30. The first kappa shape index (κ1) is 14.3. The molecule has 3 heterocycles. The molecule has 1 N–H and O–H groups in total. The molecule has 3 aromatic rings. The maximum atomic E-state index is 15.2. The van der Waals surface area contributed by atoms with Gasteiger partial charge in [0, 0.05) is 35.9 Å². The number of hydrogen-bond donors (Lipinski definition) is 1. The zero-order valence-corrected chi connectivity index (χ0v) is 12.6. The minimum atomic E-state index is -0.303. The lowest BCUT2D eigenvalue weighted by atomic mass is 9.91. The van der Waals surface area contributed by atoms with Crippen LogP contribution >= 0.6 is 0 Å². The number of rotatable bonds is 4. The van der Waals surface area contributed by atoms with Gasteiger partial charge in [-0.1, -0.05) is 18.2 Å². The van der Waals surface area contributed by atoms with E-state index >= 15 is 4.39 Å². The van der Waals surface area contributed by atoms with Crippen molar-refractivity contribution in [1.29, 1.82) is 0 Å². The van der Waals surface area contributed by atoms with Crippen molar-refractivity contribution in [3.63, 3.8) is 0 Å². The molecule has 1 saturated heterocycles. The number of H-pyrrole nitrogens is 1. The van der Waals surface area contributed by atoms with Crippen LogP contribution in [0.4, 0.5) is 4.39 Å². The van der Waals surface area contributed by atoms with Crippen LogP contribution in [0.3, 0.4) is 0 Å². The number of fused-ring (bicyclic) bond motifs is 1. The van der Waals surface area contributed by atoms with E-state index in [2.05, 4.69) is 15.0 Å². The number of nitrogens with one attached hydrogen (secondary N) is 1. The topological polar surface area (TPSA) is 60.0 Å². The van der Waals surface area contributed by atoms with E-state index in [1.54, 1.807) is 37.8 Å². The number of nitrogens with zero attached hydrogens (tertiary/aromatic N) is 2. The summed E-state index contributed by atoms with van der Waals surface area (Å²) in [5.74, 6) is -0.0808. The second-order valence-corrected chi connectivity index (χ2v) is 5.62. The predicted molar refractivity (Wildman–Crippen MR) is 83.3 cm³/mol. The number of hydrogen-bond acceptors (Lipinski definition) is 4. The molecular weight excluding hydrogens is 297 g/mol. The second-order valence-electron chi connectivity index (χ2n) is 5.62. The zero-order chi connectivity index (χ0) is 15.8. The van der Waals surface area contributed by atoms with Crippen LogP contribution in [0.15, 0.2) is 36.8 Å². The van der Waals surface area contributed by atoms with Gasteiger partial charge in [-0.3, -0.25) is 0 Å². The Morgan fingerprint density at radius 2 is 2.13 bits per heavy atom. The van der Waals surface area contributed by atoms with E-state index in [1.807, 2.05) is 6.07 Å². The van der Waals surface area contributed by atoms with Crippen LogP contribution in [0.1, 0.15) is 11.7 Å². The van der Waals surface area contributed by atoms with Crippen molar-refractivity contribution in [2.45, 2.75) is 6.10 Å². The molecule has 1 atom stereocenters. The Morgan fingerprint density at radius 3 is 2.87 bits per heavy atom. The van der Waals surface area contributed by atoms with Crippen LogP contribution < -0.4 is 0 Å². The van der Waals surface area contributed by atoms with Gasteiger partial charge < -0.3 is 14.5 Å². The molecule has 118 valence electrons. The van der Waals surface area contributed by atoms with Crippen LogP contribution in [0.25, 0.3) is 22.3 Å². The normalized spacial score (nSPS) is 16.4. The smallest absolute Gasteiger partial charge is 0.178 e. The van der Waals surface area contributed by atoms with Gasteiger partial charge in [0.1, 0.15) is 5.82 Å². The lowest BCUT2D eigenvalue weighted by Crippen LogP contribution is -2.34. The SMILES string of the molecule is COC(c1cccc(-c2ccnc3nc[nH]c23)c1F)C1COC1. The Balaban J connectivity index is 1.84. The summed E-state index contributed by atoms with van der Waals surface area (Å²) in [4.78, 5) is 11.3. The van der Waals surface area contributed by atoms with E-state index in [4.69, 9.17) is 9.47 Å². The number of ether oxygens (including phenoxy) is 2. The summed E-state index contributed by atoms with van der Waals surface area (Å²) in [5, 5.41) is 0. The number of imidazole rings is 1. The molecule has 6 heteroatoms. The maximum absolute atomic E-state index is 15.2. The fourth-order valence-corrected chi connectivity index (χ4v) is 3.05. The molecule has 1 aliphatic heterocycles. The van der Waals surface area contributed by atoms with E-state index in [1.165, 1.54) is 0 Å². The summed E-state index contributed by atoms with van der Waals surface area (Å²) >= 11 is 0. The minimum absolute atomic E-state index is 0.189. The molecule has 4 rings (SSSR count). The number of aromatic nitrogens is 3. The van der Waals surface area contributed by atoms with Crippen molar-refractivity contribution in [1.82, 2.24) is 15.0 Å². The Bertz CT molecular complexity index is 845. The van der Waals surface area contributed by atoms with Gasteiger partial charge in [-0.05, 0) is 6.07 Å². The van der Waals surface area contributed by atoms with Gasteiger partial charge in [-0.2, -0.15) is 0 Å². The molecule has 1 aromatic carbocycles. The van der Waals surface area contributed by atoms with Gasteiger partial charge >= 0.3 is 0 Å². The van der Waals surface area contributed by atoms with E-state index < -0.39 is 0 Å². The first-order chi connectivity index (χ1) is 11.3. The van der Waals surface area contributed by atoms with Crippen LogP contribution in [0.2, 0.25) is 0 Å². The van der Waals surface area contributed by atoms with Gasteiger partial charge in [0.2, 0.25) is 0 Å². The molecule has 23 heavy (non-hydrogen) atoms. The fraction of sp³-hybridized carbons (Fsp3) is 0.294. The Kier molecular flexibility index (Phi) is 3.55. The lowest BCUT2D eigenvalue weighted by molar-refractivity contribution is -0.106. The molecule has 0 saturated carbocycles. The van der Waals surface area contributed by atoms with Crippen molar-refractivity contribution >= 4 is 11.2 Å². The lowest BCUT2D eigenvalue weighted by Gasteiger charge is -2.33. The van der Waals surface area contributed by atoms with E-state index in [9.17, 15) is 0 Å².